The minimum Gasteiger partial charge on any atom is -0.392 e. The Morgan fingerprint density at radius 1 is 1.04 bits per heavy atom. The predicted octanol–water partition coefficient (Wildman–Crippen LogP) is 3.28. The Morgan fingerprint density at radius 2 is 1.60 bits per heavy atom. The van der Waals surface area contributed by atoms with Crippen molar-refractivity contribution < 1.29 is 9.67 Å². The lowest BCUT2D eigenvalue weighted by Crippen LogP contribution is -2.41. The second kappa shape index (κ2) is 8.31. The van der Waals surface area contributed by atoms with E-state index in [2.05, 4.69) is 5.32 Å². The molecule has 1 heterocycles. The van der Waals surface area contributed by atoms with Crippen molar-refractivity contribution in [3.05, 3.63) is 60.7 Å². The summed E-state index contributed by atoms with van der Waals surface area (Å²) in [6.07, 6.45) is 3.56. The van der Waals surface area contributed by atoms with Gasteiger partial charge in [0.25, 0.3) is 0 Å². The van der Waals surface area contributed by atoms with E-state index in [-0.39, 0.29) is 5.66 Å². The fourth-order valence-electron chi connectivity index (χ4n) is 3.77. The summed E-state index contributed by atoms with van der Waals surface area (Å²) in [4.78, 5) is 0. The van der Waals surface area contributed by atoms with Crippen molar-refractivity contribution in [2.45, 2.75) is 50.4 Å². The first-order valence-electron chi connectivity index (χ1n) is 9.25. The molecule has 0 unspecified atom stereocenters. The molecule has 0 aliphatic carbocycles. The quantitative estimate of drug-likeness (QED) is 0.780. The molecule has 0 aromatic heterocycles. The van der Waals surface area contributed by atoms with Gasteiger partial charge < -0.3 is 15.0 Å². The number of aliphatic hydroxyl groups is 1. The van der Waals surface area contributed by atoms with E-state index in [1.807, 2.05) is 67.6 Å². The van der Waals surface area contributed by atoms with Gasteiger partial charge in [-0.15, -0.1) is 0 Å². The predicted molar refractivity (Wildman–Crippen MR) is 105 cm³/mol. The summed E-state index contributed by atoms with van der Waals surface area (Å²) in [5.74, 6) is 0. The van der Waals surface area contributed by atoms with Gasteiger partial charge in [-0.2, -0.15) is 0 Å². The second-order valence-corrected chi connectivity index (χ2v) is 10.2. The van der Waals surface area contributed by atoms with Crippen LogP contribution in [0.25, 0.3) is 0 Å². The highest BCUT2D eigenvalue weighted by Crippen LogP contribution is 2.50. The molecule has 3 nitrogen and oxygen atoms in total. The molecule has 25 heavy (non-hydrogen) atoms. The van der Waals surface area contributed by atoms with Gasteiger partial charge in [0.2, 0.25) is 0 Å². The van der Waals surface area contributed by atoms with E-state index in [1.54, 1.807) is 0 Å². The van der Waals surface area contributed by atoms with Crippen molar-refractivity contribution in [2.75, 3.05) is 6.54 Å². The van der Waals surface area contributed by atoms with Crippen molar-refractivity contribution >= 4 is 17.8 Å². The van der Waals surface area contributed by atoms with Gasteiger partial charge in [0.15, 0.2) is 0 Å². The zero-order chi connectivity index (χ0) is 17.7. The molecule has 0 saturated carbocycles. The normalized spacial score (nSPS) is 20.8. The van der Waals surface area contributed by atoms with Gasteiger partial charge in [-0.05, 0) is 25.8 Å². The molecule has 1 fully saturated rings. The van der Waals surface area contributed by atoms with Gasteiger partial charge in [-0.25, -0.2) is 0 Å². The third kappa shape index (κ3) is 4.06. The molecule has 2 N–H and O–H groups in total. The largest absolute Gasteiger partial charge is 0.392 e. The monoisotopic (exact) mass is 357 g/mol. The van der Waals surface area contributed by atoms with Gasteiger partial charge in [-0.1, -0.05) is 74.0 Å². The van der Waals surface area contributed by atoms with Crippen LogP contribution in [0.4, 0.5) is 0 Å². The SMILES string of the molecule is C[C@@H]([C@@H](O)C[C@H]1CCCCN1)P(=O)(c1ccccc1)c1ccccc1. The maximum Gasteiger partial charge on any atom is 0.148 e. The highest BCUT2D eigenvalue weighted by Gasteiger charge is 2.38. The molecule has 0 bridgehead atoms. The molecule has 3 atom stereocenters. The first-order chi connectivity index (χ1) is 12.1. The Balaban J connectivity index is 1.90. The molecule has 2 aromatic rings. The lowest BCUT2D eigenvalue weighted by Gasteiger charge is -2.32. The smallest absolute Gasteiger partial charge is 0.148 e. The van der Waals surface area contributed by atoms with E-state index >= 15 is 0 Å². The number of nitrogens with one attached hydrogen (secondary N) is 1. The third-order valence-electron chi connectivity index (χ3n) is 5.35. The van der Waals surface area contributed by atoms with E-state index in [9.17, 15) is 9.67 Å². The van der Waals surface area contributed by atoms with Crippen LogP contribution in [0, 0.1) is 0 Å². The lowest BCUT2D eigenvalue weighted by molar-refractivity contribution is 0.141. The van der Waals surface area contributed by atoms with E-state index in [0.29, 0.717) is 12.5 Å². The number of rotatable bonds is 6. The van der Waals surface area contributed by atoms with Crippen LogP contribution in [0.5, 0.6) is 0 Å². The van der Waals surface area contributed by atoms with E-state index in [4.69, 9.17) is 0 Å². The van der Waals surface area contributed by atoms with Crippen molar-refractivity contribution in [1.29, 1.82) is 0 Å². The summed E-state index contributed by atoms with van der Waals surface area (Å²) in [6.45, 7) is 2.95. The van der Waals surface area contributed by atoms with Crippen LogP contribution in [-0.4, -0.2) is 29.5 Å². The van der Waals surface area contributed by atoms with Gasteiger partial charge >= 0.3 is 0 Å². The summed E-state index contributed by atoms with van der Waals surface area (Å²) in [5.41, 5.74) is -0.318. The molecule has 134 valence electrons. The highest BCUT2D eigenvalue weighted by molar-refractivity contribution is 7.79. The van der Waals surface area contributed by atoms with E-state index < -0.39 is 13.2 Å². The summed E-state index contributed by atoms with van der Waals surface area (Å²) in [5, 5.41) is 16.0. The number of hydrogen-bond donors (Lipinski definition) is 2. The number of aliphatic hydroxyl groups excluding tert-OH is 1. The van der Waals surface area contributed by atoms with E-state index in [1.165, 1.54) is 12.8 Å². The zero-order valence-electron chi connectivity index (χ0n) is 14.8. The second-order valence-electron chi connectivity index (χ2n) is 7.02. The molecular formula is C21H28NO2P. The summed E-state index contributed by atoms with van der Waals surface area (Å²) < 4.78 is 14.2. The molecular weight excluding hydrogens is 329 g/mol. The maximum absolute atomic E-state index is 14.2. The Labute approximate surface area is 150 Å². The van der Waals surface area contributed by atoms with Crippen LogP contribution in [0.1, 0.15) is 32.6 Å². The van der Waals surface area contributed by atoms with Crippen molar-refractivity contribution in [3.63, 3.8) is 0 Å². The van der Waals surface area contributed by atoms with Crippen LogP contribution < -0.4 is 15.9 Å². The maximum atomic E-state index is 14.2. The average Bonchev–Trinajstić information content (AvgIpc) is 2.69. The third-order valence-corrected chi connectivity index (χ3v) is 8.97. The Morgan fingerprint density at radius 3 is 2.08 bits per heavy atom. The molecule has 1 saturated heterocycles. The van der Waals surface area contributed by atoms with Crippen LogP contribution in [0.15, 0.2) is 60.7 Å². The fraction of sp³-hybridized carbons (Fsp3) is 0.429. The van der Waals surface area contributed by atoms with Crippen LogP contribution in [-0.2, 0) is 4.57 Å². The molecule has 0 spiro atoms. The Hall–Kier alpha value is -1.41. The van der Waals surface area contributed by atoms with Crippen LogP contribution >= 0.6 is 7.14 Å². The number of benzene rings is 2. The first kappa shape index (κ1) is 18.4. The van der Waals surface area contributed by atoms with Crippen molar-refractivity contribution in [1.82, 2.24) is 5.32 Å². The minimum absolute atomic E-state index is 0.318. The lowest BCUT2D eigenvalue weighted by atomic mass is 9.98. The van der Waals surface area contributed by atoms with Crippen LogP contribution in [0.3, 0.4) is 0 Å². The fourth-order valence-corrected chi connectivity index (χ4v) is 6.85. The summed E-state index contributed by atoms with van der Waals surface area (Å²) in [7, 11) is -2.92. The molecule has 0 amide bonds. The zero-order valence-corrected chi connectivity index (χ0v) is 15.7. The topological polar surface area (TPSA) is 49.3 Å². The molecule has 1 aliphatic rings. The Bertz CT molecular complexity index is 655. The standard InChI is InChI=1S/C21H28NO2P/c1-17(21(23)16-18-10-8-9-15-22-18)25(24,19-11-4-2-5-12-19)20-13-6-3-7-14-20/h2-7,11-14,17-18,21-23H,8-10,15-16H2,1H3/t17-,18+,21-/m0/s1. The van der Waals surface area contributed by atoms with Crippen molar-refractivity contribution in [3.8, 4) is 0 Å². The molecule has 4 heteroatoms. The highest BCUT2D eigenvalue weighted by atomic mass is 31.2. The van der Waals surface area contributed by atoms with E-state index in [0.717, 1.165) is 23.6 Å². The molecule has 1 aliphatic heterocycles. The number of hydrogen-bond acceptors (Lipinski definition) is 3. The van der Waals surface area contributed by atoms with Gasteiger partial charge in [0.1, 0.15) is 7.14 Å². The van der Waals surface area contributed by atoms with Crippen molar-refractivity contribution in [2.24, 2.45) is 0 Å². The van der Waals surface area contributed by atoms with Gasteiger partial charge in [-0.3, -0.25) is 0 Å². The minimum atomic E-state index is -2.92. The van der Waals surface area contributed by atoms with Gasteiger partial charge in [0.05, 0.1) is 6.10 Å². The van der Waals surface area contributed by atoms with Crippen LogP contribution in [0.2, 0.25) is 0 Å². The molecule has 2 aromatic carbocycles. The number of piperidine rings is 1. The summed E-state index contributed by atoms with van der Waals surface area (Å²) in [6, 6.07) is 19.6. The average molecular weight is 357 g/mol. The molecule has 0 radical (unpaired) electrons. The molecule has 3 rings (SSSR count). The van der Waals surface area contributed by atoms with Gasteiger partial charge in [0, 0.05) is 22.3 Å². The Kier molecular flexibility index (Phi) is 6.11. The summed E-state index contributed by atoms with van der Waals surface area (Å²) >= 11 is 0. The first-order valence-corrected chi connectivity index (χ1v) is 11.0.